The van der Waals surface area contributed by atoms with E-state index in [9.17, 15) is 14.9 Å². The Morgan fingerprint density at radius 3 is 2.42 bits per heavy atom. The van der Waals surface area contributed by atoms with Crippen molar-refractivity contribution in [2.24, 2.45) is 0 Å². The number of benzene rings is 1. The highest BCUT2D eigenvalue weighted by Crippen LogP contribution is 2.25. The molecule has 0 bridgehead atoms. The fraction of sp³-hybridized carbons (Fsp3) is 0.364. The lowest BCUT2D eigenvalue weighted by molar-refractivity contribution is -0.385. The quantitative estimate of drug-likeness (QED) is 0.435. The number of aliphatic hydroxyl groups excluding tert-OH is 2. The first-order valence-electron chi connectivity index (χ1n) is 5.34. The van der Waals surface area contributed by atoms with Crippen molar-refractivity contribution in [3.8, 4) is 0 Å². The minimum absolute atomic E-state index is 0.238. The van der Waals surface area contributed by atoms with E-state index in [1.54, 1.807) is 0 Å². The zero-order valence-corrected chi connectivity index (χ0v) is 10.2. The fourth-order valence-electron chi connectivity index (χ4n) is 1.42. The lowest BCUT2D eigenvalue weighted by atomic mass is 10.0. The molecule has 0 aliphatic rings. The number of nitro benzene ring substituents is 1. The molecule has 1 rings (SSSR count). The van der Waals surface area contributed by atoms with Gasteiger partial charge in [0.1, 0.15) is 5.56 Å². The molecule has 8 nitrogen and oxygen atoms in total. The van der Waals surface area contributed by atoms with E-state index in [1.165, 1.54) is 13.0 Å². The molecule has 0 radical (unpaired) electrons. The SMILES string of the molecule is CC(CO)(CO)Nc1ccc(C(=O)O)c([N+](=O)[O-])c1. The minimum atomic E-state index is -1.40. The van der Waals surface area contributed by atoms with Gasteiger partial charge in [0, 0.05) is 11.8 Å². The molecule has 8 heteroatoms. The monoisotopic (exact) mass is 270 g/mol. The van der Waals surface area contributed by atoms with Gasteiger partial charge in [-0.15, -0.1) is 0 Å². The Kier molecular flexibility index (Phi) is 4.41. The molecule has 104 valence electrons. The van der Waals surface area contributed by atoms with E-state index in [2.05, 4.69) is 5.32 Å². The highest BCUT2D eigenvalue weighted by molar-refractivity contribution is 5.93. The maximum absolute atomic E-state index is 10.8. The van der Waals surface area contributed by atoms with Crippen LogP contribution in [0, 0.1) is 10.1 Å². The Hall–Kier alpha value is -2.19. The number of carboxylic acids is 1. The lowest BCUT2D eigenvalue weighted by Crippen LogP contribution is -2.42. The van der Waals surface area contributed by atoms with Crippen LogP contribution >= 0.6 is 0 Å². The number of hydrogen-bond donors (Lipinski definition) is 4. The standard InChI is InChI=1S/C11H14N2O6/c1-11(5-14,6-15)12-7-2-3-8(10(16)17)9(4-7)13(18)19/h2-4,12,14-15H,5-6H2,1H3,(H,16,17). The van der Waals surface area contributed by atoms with E-state index in [1.807, 2.05) is 0 Å². The van der Waals surface area contributed by atoms with Gasteiger partial charge in [0.05, 0.1) is 23.7 Å². The number of nitrogens with zero attached hydrogens (tertiary/aromatic N) is 1. The van der Waals surface area contributed by atoms with Crippen LogP contribution in [0.4, 0.5) is 11.4 Å². The second-order valence-electron chi connectivity index (χ2n) is 4.30. The van der Waals surface area contributed by atoms with Gasteiger partial charge in [0.2, 0.25) is 0 Å². The summed E-state index contributed by atoms with van der Waals surface area (Å²) in [5.74, 6) is -1.40. The zero-order valence-electron chi connectivity index (χ0n) is 10.2. The van der Waals surface area contributed by atoms with Crippen LogP contribution < -0.4 is 5.32 Å². The first-order chi connectivity index (χ1) is 8.83. The van der Waals surface area contributed by atoms with Crippen LogP contribution in [0.1, 0.15) is 17.3 Å². The van der Waals surface area contributed by atoms with Gasteiger partial charge in [0.25, 0.3) is 5.69 Å². The second kappa shape index (κ2) is 5.63. The number of nitrogens with one attached hydrogen (secondary N) is 1. The van der Waals surface area contributed by atoms with Crippen molar-refractivity contribution in [3.63, 3.8) is 0 Å². The van der Waals surface area contributed by atoms with Crippen LogP contribution in [-0.4, -0.2) is 45.0 Å². The summed E-state index contributed by atoms with van der Waals surface area (Å²) in [5, 5.41) is 40.6. The highest BCUT2D eigenvalue weighted by Gasteiger charge is 2.25. The van der Waals surface area contributed by atoms with Crippen molar-refractivity contribution < 1.29 is 25.0 Å². The molecule has 1 aromatic rings. The molecule has 0 saturated carbocycles. The molecule has 1 aromatic carbocycles. The Morgan fingerprint density at radius 1 is 1.42 bits per heavy atom. The van der Waals surface area contributed by atoms with Gasteiger partial charge in [0.15, 0.2) is 0 Å². The van der Waals surface area contributed by atoms with Crippen molar-refractivity contribution in [3.05, 3.63) is 33.9 Å². The summed E-state index contributed by atoms with van der Waals surface area (Å²) in [6.45, 7) is 0.736. The van der Waals surface area contributed by atoms with Crippen LogP contribution in [0.5, 0.6) is 0 Å². The average Bonchev–Trinajstić information content (AvgIpc) is 2.38. The van der Waals surface area contributed by atoms with Gasteiger partial charge >= 0.3 is 5.97 Å². The molecule has 0 atom stereocenters. The van der Waals surface area contributed by atoms with E-state index in [-0.39, 0.29) is 5.69 Å². The number of nitro groups is 1. The fourth-order valence-corrected chi connectivity index (χ4v) is 1.42. The van der Waals surface area contributed by atoms with E-state index in [4.69, 9.17) is 15.3 Å². The van der Waals surface area contributed by atoms with Gasteiger partial charge in [-0.25, -0.2) is 4.79 Å². The molecule has 0 aromatic heterocycles. The van der Waals surface area contributed by atoms with E-state index in [0.29, 0.717) is 0 Å². The largest absolute Gasteiger partial charge is 0.477 e. The summed E-state index contributed by atoms with van der Waals surface area (Å²) < 4.78 is 0. The maximum atomic E-state index is 10.8. The van der Waals surface area contributed by atoms with Crippen molar-refractivity contribution in [1.82, 2.24) is 0 Å². The summed E-state index contributed by atoms with van der Waals surface area (Å²) >= 11 is 0. The topological polar surface area (TPSA) is 133 Å². The van der Waals surface area contributed by atoms with Crippen LogP contribution in [0.3, 0.4) is 0 Å². The third-order valence-electron chi connectivity index (χ3n) is 2.57. The Morgan fingerprint density at radius 2 is 2.00 bits per heavy atom. The highest BCUT2D eigenvalue weighted by atomic mass is 16.6. The molecular weight excluding hydrogens is 256 g/mol. The number of carbonyl (C=O) groups is 1. The van der Waals surface area contributed by atoms with E-state index < -0.39 is 40.9 Å². The molecule has 0 saturated heterocycles. The van der Waals surface area contributed by atoms with Crippen molar-refractivity contribution in [2.75, 3.05) is 18.5 Å². The summed E-state index contributed by atoms with van der Waals surface area (Å²) in [6.07, 6.45) is 0. The maximum Gasteiger partial charge on any atom is 0.342 e. The smallest absolute Gasteiger partial charge is 0.342 e. The number of carboxylic acid groups (broad SMARTS) is 1. The molecule has 19 heavy (non-hydrogen) atoms. The summed E-state index contributed by atoms with van der Waals surface area (Å²) in [6, 6.07) is 3.48. The predicted molar refractivity (Wildman–Crippen MR) is 66.3 cm³/mol. The van der Waals surface area contributed by atoms with Crippen molar-refractivity contribution in [2.45, 2.75) is 12.5 Å². The summed E-state index contributed by atoms with van der Waals surface area (Å²) in [4.78, 5) is 20.8. The Bertz CT molecular complexity index is 498. The number of anilines is 1. The number of aliphatic hydroxyl groups is 2. The van der Waals surface area contributed by atoms with Crippen molar-refractivity contribution >= 4 is 17.3 Å². The van der Waals surface area contributed by atoms with Gasteiger partial charge in [-0.05, 0) is 19.1 Å². The van der Waals surface area contributed by atoms with Gasteiger partial charge in [-0.2, -0.15) is 0 Å². The van der Waals surface area contributed by atoms with E-state index >= 15 is 0 Å². The van der Waals surface area contributed by atoms with Crippen LogP contribution in [0.15, 0.2) is 18.2 Å². The molecule has 0 heterocycles. The number of aromatic carboxylic acids is 1. The van der Waals surface area contributed by atoms with Crippen LogP contribution in [0.2, 0.25) is 0 Å². The predicted octanol–water partition coefficient (Wildman–Crippen LogP) is 0.448. The Labute approximate surface area is 108 Å². The zero-order chi connectivity index (χ0) is 14.6. The van der Waals surface area contributed by atoms with Crippen LogP contribution in [-0.2, 0) is 0 Å². The molecule has 0 spiro atoms. The minimum Gasteiger partial charge on any atom is -0.477 e. The molecule has 0 aliphatic carbocycles. The first kappa shape index (κ1) is 14.9. The Balaban J connectivity index is 3.16. The summed E-state index contributed by atoms with van der Waals surface area (Å²) in [7, 11) is 0. The number of rotatable bonds is 6. The molecule has 0 unspecified atom stereocenters. The molecule has 4 N–H and O–H groups in total. The van der Waals surface area contributed by atoms with Gasteiger partial charge in [-0.1, -0.05) is 0 Å². The molecule has 0 fully saturated rings. The van der Waals surface area contributed by atoms with Crippen molar-refractivity contribution in [1.29, 1.82) is 0 Å². The molecular formula is C11H14N2O6. The second-order valence-corrected chi connectivity index (χ2v) is 4.30. The third kappa shape index (κ3) is 3.39. The normalized spacial score (nSPS) is 11.1. The lowest BCUT2D eigenvalue weighted by Gasteiger charge is -2.27. The summed E-state index contributed by atoms with van der Waals surface area (Å²) in [5.41, 5.74) is -1.80. The van der Waals surface area contributed by atoms with Gasteiger partial charge < -0.3 is 20.6 Å². The first-order valence-corrected chi connectivity index (χ1v) is 5.34. The molecule has 0 aliphatic heterocycles. The third-order valence-corrected chi connectivity index (χ3v) is 2.57. The average molecular weight is 270 g/mol. The molecule has 0 amide bonds. The number of hydrogen-bond acceptors (Lipinski definition) is 6. The van der Waals surface area contributed by atoms with Crippen LogP contribution in [0.25, 0.3) is 0 Å². The van der Waals surface area contributed by atoms with E-state index in [0.717, 1.165) is 12.1 Å². The van der Waals surface area contributed by atoms with Gasteiger partial charge in [-0.3, -0.25) is 10.1 Å².